The monoisotopic (exact) mass is 285 g/mol. The molecule has 1 N–H and O–H groups in total. The van der Waals surface area contributed by atoms with Crippen molar-refractivity contribution in [3.63, 3.8) is 0 Å². The molecule has 0 bridgehead atoms. The van der Waals surface area contributed by atoms with Crippen molar-refractivity contribution in [1.82, 2.24) is 14.3 Å². The minimum Gasteiger partial charge on any atom is -0.332 e. The Labute approximate surface area is 103 Å². The van der Waals surface area contributed by atoms with E-state index in [1.807, 2.05) is 0 Å². The third-order valence-electron chi connectivity index (χ3n) is 2.18. The highest BCUT2D eigenvalue weighted by atomic mass is 32.2. The molecule has 1 aromatic heterocycles. The molecule has 0 amide bonds. The number of aromatic amines is 1. The molecule has 0 saturated heterocycles. The van der Waals surface area contributed by atoms with Crippen molar-refractivity contribution in [3.8, 4) is 0 Å². The molecule has 1 heterocycles. The number of sulfonamides is 1. The van der Waals surface area contributed by atoms with Gasteiger partial charge in [-0.25, -0.2) is 13.4 Å². The summed E-state index contributed by atoms with van der Waals surface area (Å²) >= 11 is 0. The standard InChI is InChI=1S/C9H14F3N3O2S/c1-6(2)15(5-9(10,11)12)18(16,17)8-4-13-7(3)14-8/h4,6H,5H2,1-3H3,(H,13,14). The van der Waals surface area contributed by atoms with Crippen LogP contribution in [0.4, 0.5) is 13.2 Å². The van der Waals surface area contributed by atoms with E-state index in [2.05, 4.69) is 9.97 Å². The molecule has 104 valence electrons. The number of hydrogen-bond donors (Lipinski definition) is 1. The maximum atomic E-state index is 12.4. The van der Waals surface area contributed by atoms with Crippen LogP contribution in [0.5, 0.6) is 0 Å². The third kappa shape index (κ3) is 3.45. The summed E-state index contributed by atoms with van der Waals surface area (Å²) in [5.41, 5.74) is 0. The highest BCUT2D eigenvalue weighted by Crippen LogP contribution is 2.23. The number of rotatable bonds is 4. The van der Waals surface area contributed by atoms with Gasteiger partial charge in [0.05, 0.1) is 6.20 Å². The van der Waals surface area contributed by atoms with Gasteiger partial charge in [-0.15, -0.1) is 0 Å². The Bertz CT molecular complexity index is 507. The summed E-state index contributed by atoms with van der Waals surface area (Å²) in [6.07, 6.45) is -3.58. The van der Waals surface area contributed by atoms with E-state index in [0.717, 1.165) is 6.20 Å². The normalized spacial score (nSPS) is 13.6. The maximum Gasteiger partial charge on any atom is 0.402 e. The minimum absolute atomic E-state index is 0.323. The van der Waals surface area contributed by atoms with E-state index in [-0.39, 0.29) is 5.03 Å². The van der Waals surface area contributed by atoms with Gasteiger partial charge in [-0.2, -0.15) is 17.5 Å². The molecule has 1 aromatic rings. The number of imidazole rings is 1. The number of hydrogen-bond acceptors (Lipinski definition) is 3. The van der Waals surface area contributed by atoms with Crippen molar-refractivity contribution in [3.05, 3.63) is 12.0 Å². The lowest BCUT2D eigenvalue weighted by atomic mass is 10.4. The first-order chi connectivity index (χ1) is 8.04. The van der Waals surface area contributed by atoms with Gasteiger partial charge in [0.1, 0.15) is 12.4 Å². The zero-order chi connectivity index (χ0) is 14.1. The van der Waals surface area contributed by atoms with E-state index in [9.17, 15) is 21.6 Å². The molecule has 0 saturated carbocycles. The number of H-pyrrole nitrogens is 1. The van der Waals surface area contributed by atoms with Crippen LogP contribution in [0, 0.1) is 6.92 Å². The van der Waals surface area contributed by atoms with Gasteiger partial charge in [-0.3, -0.25) is 0 Å². The summed E-state index contributed by atoms with van der Waals surface area (Å²) in [4.78, 5) is 6.11. The fourth-order valence-electron chi connectivity index (χ4n) is 1.38. The zero-order valence-corrected chi connectivity index (χ0v) is 10.9. The molecule has 5 nitrogen and oxygen atoms in total. The van der Waals surface area contributed by atoms with Gasteiger partial charge in [0, 0.05) is 6.04 Å². The first-order valence-electron chi connectivity index (χ1n) is 5.14. The first kappa shape index (κ1) is 15.0. The second-order valence-electron chi connectivity index (χ2n) is 4.09. The smallest absolute Gasteiger partial charge is 0.332 e. The number of aromatic nitrogens is 2. The largest absolute Gasteiger partial charge is 0.402 e. The van der Waals surface area contributed by atoms with Gasteiger partial charge in [-0.1, -0.05) is 0 Å². The molecule has 0 spiro atoms. The first-order valence-corrected chi connectivity index (χ1v) is 6.58. The average molecular weight is 285 g/mol. The molecule has 18 heavy (non-hydrogen) atoms. The molecular weight excluding hydrogens is 271 g/mol. The van der Waals surface area contributed by atoms with E-state index >= 15 is 0 Å². The van der Waals surface area contributed by atoms with Crippen LogP contribution in [0.25, 0.3) is 0 Å². The summed E-state index contributed by atoms with van der Waals surface area (Å²) in [7, 11) is -4.22. The van der Waals surface area contributed by atoms with Gasteiger partial charge < -0.3 is 4.98 Å². The van der Waals surface area contributed by atoms with Gasteiger partial charge in [0.15, 0.2) is 5.03 Å². The van der Waals surface area contributed by atoms with Crippen LogP contribution in [0.1, 0.15) is 19.7 Å². The highest BCUT2D eigenvalue weighted by molar-refractivity contribution is 7.89. The van der Waals surface area contributed by atoms with Crippen molar-refractivity contribution in [1.29, 1.82) is 0 Å². The number of nitrogens with one attached hydrogen (secondary N) is 1. The van der Waals surface area contributed by atoms with Crippen molar-refractivity contribution < 1.29 is 21.6 Å². The van der Waals surface area contributed by atoms with Crippen LogP contribution in [0.3, 0.4) is 0 Å². The second-order valence-corrected chi connectivity index (χ2v) is 5.95. The van der Waals surface area contributed by atoms with Gasteiger partial charge in [0.2, 0.25) is 0 Å². The molecule has 0 aliphatic rings. The van der Waals surface area contributed by atoms with Gasteiger partial charge >= 0.3 is 6.18 Å². The summed E-state index contributed by atoms with van der Waals surface area (Å²) in [5.74, 6) is 0.323. The Balaban J connectivity index is 3.13. The average Bonchev–Trinajstić information content (AvgIpc) is 2.60. The second kappa shape index (κ2) is 4.88. The molecule has 1 rings (SSSR count). The molecule has 0 aliphatic carbocycles. The Morgan fingerprint density at radius 2 is 2.00 bits per heavy atom. The van der Waals surface area contributed by atoms with Gasteiger partial charge in [0.25, 0.3) is 10.0 Å². The van der Waals surface area contributed by atoms with Crippen LogP contribution in [-0.2, 0) is 10.0 Å². The van der Waals surface area contributed by atoms with E-state index < -0.39 is 28.8 Å². The maximum absolute atomic E-state index is 12.4. The lowest BCUT2D eigenvalue weighted by Crippen LogP contribution is -2.43. The Hall–Kier alpha value is -1.09. The Morgan fingerprint density at radius 1 is 1.44 bits per heavy atom. The molecule has 0 unspecified atom stereocenters. The minimum atomic E-state index is -4.59. The Kier molecular flexibility index (Phi) is 4.06. The Morgan fingerprint density at radius 3 is 2.33 bits per heavy atom. The quantitative estimate of drug-likeness (QED) is 0.915. The van der Waals surface area contributed by atoms with Crippen LogP contribution < -0.4 is 0 Å². The lowest BCUT2D eigenvalue weighted by Gasteiger charge is -2.25. The lowest BCUT2D eigenvalue weighted by molar-refractivity contribution is -0.138. The van der Waals surface area contributed by atoms with Crippen molar-refractivity contribution >= 4 is 10.0 Å². The van der Waals surface area contributed by atoms with E-state index in [0.29, 0.717) is 10.1 Å². The summed E-state index contributed by atoms with van der Waals surface area (Å²) in [6.45, 7) is 2.76. The van der Waals surface area contributed by atoms with Crippen LogP contribution in [0.2, 0.25) is 0 Å². The molecular formula is C9H14F3N3O2S. The molecule has 0 aliphatic heterocycles. The summed E-state index contributed by atoms with van der Waals surface area (Å²) < 4.78 is 61.6. The van der Waals surface area contributed by atoms with Crippen LogP contribution >= 0.6 is 0 Å². The van der Waals surface area contributed by atoms with Crippen molar-refractivity contribution in [2.24, 2.45) is 0 Å². The number of halogens is 3. The van der Waals surface area contributed by atoms with Gasteiger partial charge in [-0.05, 0) is 20.8 Å². The fraction of sp³-hybridized carbons (Fsp3) is 0.667. The topological polar surface area (TPSA) is 66.1 Å². The van der Waals surface area contributed by atoms with Crippen LogP contribution in [0.15, 0.2) is 11.2 Å². The summed E-state index contributed by atoms with van der Waals surface area (Å²) in [5, 5.41) is -0.335. The molecule has 0 aromatic carbocycles. The summed E-state index contributed by atoms with van der Waals surface area (Å²) in [6, 6.07) is -0.805. The SMILES string of the molecule is Cc1ncc(S(=O)(=O)N(CC(F)(F)F)C(C)C)[nH]1. The van der Waals surface area contributed by atoms with E-state index in [1.54, 1.807) is 0 Å². The third-order valence-corrected chi connectivity index (χ3v) is 4.11. The fourth-order valence-corrected chi connectivity index (χ4v) is 2.96. The number of nitrogens with zero attached hydrogens (tertiary/aromatic N) is 2. The number of alkyl halides is 3. The van der Waals surface area contributed by atoms with Crippen LogP contribution in [-0.4, -0.2) is 41.5 Å². The molecule has 0 fully saturated rings. The molecule has 0 radical (unpaired) electrons. The molecule has 9 heteroatoms. The highest BCUT2D eigenvalue weighted by Gasteiger charge is 2.39. The number of aryl methyl sites for hydroxylation is 1. The molecule has 0 atom stereocenters. The predicted molar refractivity (Wildman–Crippen MR) is 58.4 cm³/mol. The zero-order valence-electron chi connectivity index (χ0n) is 10.1. The predicted octanol–water partition coefficient (Wildman–Crippen LogP) is 1.68. The van der Waals surface area contributed by atoms with E-state index in [1.165, 1.54) is 20.8 Å². The van der Waals surface area contributed by atoms with Crippen molar-refractivity contribution in [2.75, 3.05) is 6.54 Å². The van der Waals surface area contributed by atoms with Crippen molar-refractivity contribution in [2.45, 2.75) is 38.0 Å². The van der Waals surface area contributed by atoms with E-state index in [4.69, 9.17) is 0 Å².